The maximum atomic E-state index is 12.3. The Morgan fingerprint density at radius 2 is 1.86 bits per heavy atom. The van der Waals surface area contributed by atoms with E-state index >= 15 is 0 Å². The van der Waals surface area contributed by atoms with Crippen molar-refractivity contribution in [3.63, 3.8) is 0 Å². The summed E-state index contributed by atoms with van der Waals surface area (Å²) in [6.07, 6.45) is 5.54. The SMILES string of the molecule is Cc1ccccc1C(=O)NCCC(=O)NC[C@H](c1ccco1)N1CCCCC1. The molecule has 1 aromatic carbocycles. The zero-order valence-corrected chi connectivity index (χ0v) is 16.4. The van der Waals surface area contributed by atoms with Crippen molar-refractivity contribution in [2.45, 2.75) is 38.6 Å². The summed E-state index contributed by atoms with van der Waals surface area (Å²) in [6, 6.07) is 11.3. The van der Waals surface area contributed by atoms with Gasteiger partial charge in [0.1, 0.15) is 5.76 Å². The number of carbonyl (C=O) groups is 2. The van der Waals surface area contributed by atoms with Crippen molar-refractivity contribution in [2.24, 2.45) is 0 Å². The molecule has 150 valence electrons. The van der Waals surface area contributed by atoms with E-state index in [4.69, 9.17) is 4.42 Å². The second-order valence-corrected chi connectivity index (χ2v) is 7.25. The van der Waals surface area contributed by atoms with Crippen LogP contribution in [0.4, 0.5) is 0 Å². The fraction of sp³-hybridized carbons (Fsp3) is 0.455. The van der Waals surface area contributed by atoms with Gasteiger partial charge in [-0.3, -0.25) is 14.5 Å². The Hall–Kier alpha value is -2.60. The van der Waals surface area contributed by atoms with Crippen molar-refractivity contribution < 1.29 is 14.0 Å². The summed E-state index contributed by atoms with van der Waals surface area (Å²) in [5.74, 6) is 0.668. The Labute approximate surface area is 166 Å². The normalized spacial score (nSPS) is 15.8. The molecule has 28 heavy (non-hydrogen) atoms. The number of piperidine rings is 1. The van der Waals surface area contributed by atoms with Gasteiger partial charge in [-0.2, -0.15) is 0 Å². The third-order valence-electron chi connectivity index (χ3n) is 5.22. The first-order valence-electron chi connectivity index (χ1n) is 10.0. The molecule has 0 spiro atoms. The number of nitrogens with one attached hydrogen (secondary N) is 2. The topological polar surface area (TPSA) is 74.6 Å². The van der Waals surface area contributed by atoms with Crippen LogP contribution in [-0.2, 0) is 4.79 Å². The minimum absolute atomic E-state index is 0.0563. The third kappa shape index (κ3) is 5.45. The molecule has 0 aliphatic carbocycles. The van der Waals surface area contributed by atoms with Gasteiger partial charge in [0.15, 0.2) is 0 Å². The van der Waals surface area contributed by atoms with E-state index in [9.17, 15) is 9.59 Å². The van der Waals surface area contributed by atoms with Crippen LogP contribution >= 0.6 is 0 Å². The van der Waals surface area contributed by atoms with Gasteiger partial charge in [0.2, 0.25) is 5.91 Å². The predicted octanol–water partition coefficient (Wildman–Crippen LogP) is 3.05. The van der Waals surface area contributed by atoms with Crippen molar-refractivity contribution in [3.05, 3.63) is 59.5 Å². The molecule has 1 aliphatic heterocycles. The number of amides is 2. The lowest BCUT2D eigenvalue weighted by molar-refractivity contribution is -0.121. The highest BCUT2D eigenvalue weighted by Crippen LogP contribution is 2.24. The van der Waals surface area contributed by atoms with Gasteiger partial charge >= 0.3 is 0 Å². The summed E-state index contributed by atoms with van der Waals surface area (Å²) in [4.78, 5) is 26.9. The Balaban J connectivity index is 1.45. The molecule has 2 amide bonds. The van der Waals surface area contributed by atoms with E-state index in [-0.39, 0.29) is 24.3 Å². The number of hydrogen-bond donors (Lipinski definition) is 2. The highest BCUT2D eigenvalue weighted by Gasteiger charge is 2.24. The van der Waals surface area contributed by atoms with Crippen LogP contribution in [0.15, 0.2) is 47.1 Å². The Bertz CT molecular complexity index is 767. The largest absolute Gasteiger partial charge is 0.468 e. The molecule has 0 unspecified atom stereocenters. The summed E-state index contributed by atoms with van der Waals surface area (Å²) in [6.45, 7) is 4.77. The minimum Gasteiger partial charge on any atom is -0.468 e. The maximum Gasteiger partial charge on any atom is 0.251 e. The van der Waals surface area contributed by atoms with Crippen molar-refractivity contribution in [2.75, 3.05) is 26.2 Å². The second kappa shape index (κ2) is 10.1. The van der Waals surface area contributed by atoms with Gasteiger partial charge in [-0.1, -0.05) is 24.6 Å². The summed E-state index contributed by atoms with van der Waals surface area (Å²) in [5.41, 5.74) is 1.57. The molecule has 6 heteroatoms. The lowest BCUT2D eigenvalue weighted by Crippen LogP contribution is -2.41. The molecule has 2 aromatic rings. The Morgan fingerprint density at radius 3 is 2.57 bits per heavy atom. The lowest BCUT2D eigenvalue weighted by atomic mass is 10.1. The fourth-order valence-electron chi connectivity index (χ4n) is 3.63. The van der Waals surface area contributed by atoms with Crippen LogP contribution in [0.25, 0.3) is 0 Å². The molecule has 0 saturated carbocycles. The summed E-state index contributed by atoms with van der Waals surface area (Å²) in [5, 5.41) is 5.82. The summed E-state index contributed by atoms with van der Waals surface area (Å²) >= 11 is 0. The maximum absolute atomic E-state index is 12.3. The zero-order valence-electron chi connectivity index (χ0n) is 16.4. The van der Waals surface area contributed by atoms with E-state index in [2.05, 4.69) is 15.5 Å². The fourth-order valence-corrected chi connectivity index (χ4v) is 3.63. The number of carbonyl (C=O) groups excluding carboxylic acids is 2. The molecular formula is C22H29N3O3. The summed E-state index contributed by atoms with van der Waals surface area (Å²) in [7, 11) is 0. The first kappa shape index (κ1) is 20.1. The van der Waals surface area contributed by atoms with E-state index in [0.29, 0.717) is 18.7 Å². The molecule has 1 aromatic heterocycles. The van der Waals surface area contributed by atoms with E-state index < -0.39 is 0 Å². The number of benzene rings is 1. The number of likely N-dealkylation sites (tertiary alicyclic amines) is 1. The van der Waals surface area contributed by atoms with Gasteiger partial charge in [-0.25, -0.2) is 0 Å². The van der Waals surface area contributed by atoms with Crippen molar-refractivity contribution in [1.29, 1.82) is 0 Å². The van der Waals surface area contributed by atoms with Crippen LogP contribution < -0.4 is 10.6 Å². The van der Waals surface area contributed by atoms with Crippen molar-refractivity contribution in [3.8, 4) is 0 Å². The predicted molar refractivity (Wildman–Crippen MR) is 108 cm³/mol. The third-order valence-corrected chi connectivity index (χ3v) is 5.22. The Morgan fingerprint density at radius 1 is 1.07 bits per heavy atom. The van der Waals surface area contributed by atoms with Crippen LogP contribution in [0.1, 0.15) is 53.4 Å². The van der Waals surface area contributed by atoms with Gasteiger partial charge in [0.05, 0.1) is 12.3 Å². The molecule has 2 heterocycles. The van der Waals surface area contributed by atoms with E-state index in [0.717, 1.165) is 24.4 Å². The number of nitrogens with zero attached hydrogens (tertiary/aromatic N) is 1. The number of furan rings is 1. The zero-order chi connectivity index (χ0) is 19.8. The number of hydrogen-bond acceptors (Lipinski definition) is 4. The second-order valence-electron chi connectivity index (χ2n) is 7.25. The van der Waals surface area contributed by atoms with Crippen LogP contribution in [0.2, 0.25) is 0 Å². The molecule has 1 fully saturated rings. The van der Waals surface area contributed by atoms with Crippen molar-refractivity contribution in [1.82, 2.24) is 15.5 Å². The molecule has 0 bridgehead atoms. The van der Waals surface area contributed by atoms with Gasteiger partial charge < -0.3 is 15.1 Å². The average Bonchev–Trinajstić information content (AvgIpc) is 3.24. The van der Waals surface area contributed by atoms with Gasteiger partial charge in [0, 0.05) is 25.1 Å². The van der Waals surface area contributed by atoms with Gasteiger partial charge in [-0.05, 0) is 56.6 Å². The molecule has 2 N–H and O–H groups in total. The molecule has 0 radical (unpaired) electrons. The first-order chi connectivity index (χ1) is 13.6. The van der Waals surface area contributed by atoms with Gasteiger partial charge in [0.25, 0.3) is 5.91 Å². The van der Waals surface area contributed by atoms with Gasteiger partial charge in [-0.15, -0.1) is 0 Å². The van der Waals surface area contributed by atoms with E-state index in [1.54, 1.807) is 12.3 Å². The molecule has 3 rings (SSSR count). The van der Waals surface area contributed by atoms with E-state index in [1.807, 2.05) is 37.3 Å². The standard InChI is InChI=1S/C22H29N3O3/c1-17-8-3-4-9-18(17)22(27)23-12-11-21(26)24-16-19(20-10-7-15-28-20)25-13-5-2-6-14-25/h3-4,7-10,15,19H,2,5-6,11-14,16H2,1H3,(H,23,27)(H,24,26)/t19-/m1/s1. The molecular weight excluding hydrogens is 354 g/mol. The quantitative estimate of drug-likeness (QED) is 0.735. The number of rotatable bonds is 8. The highest BCUT2D eigenvalue weighted by molar-refractivity contribution is 5.95. The van der Waals surface area contributed by atoms with Crippen LogP contribution in [-0.4, -0.2) is 42.9 Å². The first-order valence-corrected chi connectivity index (χ1v) is 10.0. The van der Waals surface area contributed by atoms with Crippen LogP contribution in [0.3, 0.4) is 0 Å². The number of aryl methyl sites for hydroxylation is 1. The van der Waals surface area contributed by atoms with Crippen LogP contribution in [0, 0.1) is 6.92 Å². The highest BCUT2D eigenvalue weighted by atomic mass is 16.3. The lowest BCUT2D eigenvalue weighted by Gasteiger charge is -2.33. The molecule has 1 aliphatic rings. The smallest absolute Gasteiger partial charge is 0.251 e. The van der Waals surface area contributed by atoms with E-state index in [1.165, 1.54) is 19.3 Å². The monoisotopic (exact) mass is 383 g/mol. The minimum atomic E-state index is -0.146. The van der Waals surface area contributed by atoms with Crippen LogP contribution in [0.5, 0.6) is 0 Å². The average molecular weight is 383 g/mol. The summed E-state index contributed by atoms with van der Waals surface area (Å²) < 4.78 is 5.60. The molecule has 6 nitrogen and oxygen atoms in total. The Kier molecular flexibility index (Phi) is 7.25. The molecule has 1 atom stereocenters. The molecule has 1 saturated heterocycles. The van der Waals surface area contributed by atoms with Crippen molar-refractivity contribution >= 4 is 11.8 Å².